The van der Waals surface area contributed by atoms with Gasteiger partial charge in [0.15, 0.2) is 0 Å². The summed E-state index contributed by atoms with van der Waals surface area (Å²) in [4.78, 5) is 24.7. The summed E-state index contributed by atoms with van der Waals surface area (Å²) in [5.41, 5.74) is 0. The molecule has 5 heteroatoms. The van der Waals surface area contributed by atoms with Crippen molar-refractivity contribution < 1.29 is 14.0 Å². The summed E-state index contributed by atoms with van der Waals surface area (Å²) < 4.78 is 5.06. The predicted molar refractivity (Wildman–Crippen MR) is 60.9 cm³/mol. The van der Waals surface area contributed by atoms with E-state index in [-0.39, 0.29) is 18.2 Å². The molecule has 0 radical (unpaired) electrons. The topological polar surface area (TPSA) is 62.6 Å². The van der Waals surface area contributed by atoms with Crippen LogP contribution in [0.25, 0.3) is 0 Å². The summed E-state index contributed by atoms with van der Waals surface area (Å²) in [7, 11) is 0. The fourth-order valence-corrected chi connectivity index (χ4v) is 1.69. The molecule has 0 spiro atoms. The zero-order valence-electron chi connectivity index (χ0n) is 9.55. The first-order valence-corrected chi connectivity index (χ1v) is 5.45. The molecule has 2 heterocycles. The molecule has 0 saturated carbocycles. The van der Waals surface area contributed by atoms with Crippen molar-refractivity contribution in [3.63, 3.8) is 0 Å². The van der Waals surface area contributed by atoms with E-state index in [1.807, 2.05) is 6.92 Å². The SMILES string of the molecule is CC=CN1CC(NC(=O)Cc2ccco2)C1=O. The van der Waals surface area contributed by atoms with Crippen LogP contribution in [0.5, 0.6) is 0 Å². The minimum Gasteiger partial charge on any atom is -0.469 e. The lowest BCUT2D eigenvalue weighted by Gasteiger charge is -2.36. The molecule has 2 amide bonds. The molecule has 90 valence electrons. The van der Waals surface area contributed by atoms with Gasteiger partial charge in [-0.2, -0.15) is 0 Å². The van der Waals surface area contributed by atoms with Gasteiger partial charge >= 0.3 is 0 Å². The van der Waals surface area contributed by atoms with Crippen LogP contribution in [0.3, 0.4) is 0 Å². The van der Waals surface area contributed by atoms with E-state index in [1.54, 1.807) is 29.3 Å². The number of carbonyl (C=O) groups is 2. The summed E-state index contributed by atoms with van der Waals surface area (Å²) in [5, 5.41) is 2.67. The van der Waals surface area contributed by atoms with Crippen molar-refractivity contribution in [2.45, 2.75) is 19.4 Å². The molecule has 1 aromatic heterocycles. The quantitative estimate of drug-likeness (QED) is 0.779. The van der Waals surface area contributed by atoms with Crippen LogP contribution >= 0.6 is 0 Å². The maximum atomic E-state index is 11.6. The predicted octanol–water partition coefficient (Wildman–Crippen LogP) is 0.683. The van der Waals surface area contributed by atoms with Gasteiger partial charge in [-0.25, -0.2) is 0 Å². The van der Waals surface area contributed by atoms with Gasteiger partial charge in [0.1, 0.15) is 11.8 Å². The van der Waals surface area contributed by atoms with E-state index in [0.29, 0.717) is 12.3 Å². The van der Waals surface area contributed by atoms with Gasteiger partial charge in [0.2, 0.25) is 5.91 Å². The number of nitrogens with one attached hydrogen (secondary N) is 1. The second kappa shape index (κ2) is 4.86. The highest BCUT2D eigenvalue weighted by molar-refractivity contribution is 5.93. The molecule has 17 heavy (non-hydrogen) atoms. The van der Waals surface area contributed by atoms with E-state index >= 15 is 0 Å². The Morgan fingerprint density at radius 2 is 2.53 bits per heavy atom. The van der Waals surface area contributed by atoms with Gasteiger partial charge in [-0.1, -0.05) is 6.08 Å². The Balaban J connectivity index is 1.79. The molecular weight excluding hydrogens is 220 g/mol. The summed E-state index contributed by atoms with van der Waals surface area (Å²) in [6.07, 6.45) is 5.18. The van der Waals surface area contributed by atoms with Crippen molar-refractivity contribution in [3.05, 3.63) is 36.4 Å². The highest BCUT2D eigenvalue weighted by atomic mass is 16.3. The molecular formula is C12H14N2O3. The van der Waals surface area contributed by atoms with Crippen LogP contribution in [0.1, 0.15) is 12.7 Å². The lowest BCUT2D eigenvalue weighted by atomic mass is 10.1. The monoisotopic (exact) mass is 234 g/mol. The van der Waals surface area contributed by atoms with E-state index in [2.05, 4.69) is 5.32 Å². The van der Waals surface area contributed by atoms with Gasteiger partial charge < -0.3 is 14.6 Å². The van der Waals surface area contributed by atoms with E-state index < -0.39 is 6.04 Å². The molecule has 5 nitrogen and oxygen atoms in total. The first kappa shape index (κ1) is 11.4. The van der Waals surface area contributed by atoms with E-state index in [0.717, 1.165) is 0 Å². The van der Waals surface area contributed by atoms with Crippen molar-refractivity contribution in [2.24, 2.45) is 0 Å². The standard InChI is InChI=1S/C12H14N2O3/c1-2-5-14-8-10(12(14)16)13-11(15)7-9-4-3-6-17-9/h2-6,10H,7-8H2,1H3,(H,13,15). The van der Waals surface area contributed by atoms with Crippen LogP contribution in [0.2, 0.25) is 0 Å². The highest BCUT2D eigenvalue weighted by Crippen LogP contribution is 2.11. The van der Waals surface area contributed by atoms with E-state index in [9.17, 15) is 9.59 Å². The highest BCUT2D eigenvalue weighted by Gasteiger charge is 2.36. The van der Waals surface area contributed by atoms with Crippen LogP contribution < -0.4 is 5.32 Å². The van der Waals surface area contributed by atoms with Crippen molar-refractivity contribution in [1.82, 2.24) is 10.2 Å². The average Bonchev–Trinajstić information content (AvgIpc) is 2.80. The van der Waals surface area contributed by atoms with Gasteiger partial charge in [0, 0.05) is 6.20 Å². The molecule has 1 saturated heterocycles. The van der Waals surface area contributed by atoms with Crippen LogP contribution in [-0.4, -0.2) is 29.3 Å². The number of hydrogen-bond donors (Lipinski definition) is 1. The number of nitrogens with zero attached hydrogens (tertiary/aromatic N) is 1. The normalized spacial score (nSPS) is 19.5. The Hall–Kier alpha value is -2.04. The minimum atomic E-state index is -0.395. The Kier molecular flexibility index (Phi) is 3.27. The van der Waals surface area contributed by atoms with E-state index in [4.69, 9.17) is 4.42 Å². The second-order valence-corrected chi connectivity index (χ2v) is 3.85. The molecule has 1 aliphatic heterocycles. The van der Waals surface area contributed by atoms with Gasteiger partial charge in [0.25, 0.3) is 5.91 Å². The lowest BCUT2D eigenvalue weighted by Crippen LogP contribution is -2.61. The minimum absolute atomic E-state index is 0.0732. The fraction of sp³-hybridized carbons (Fsp3) is 0.333. The molecule has 0 bridgehead atoms. The van der Waals surface area contributed by atoms with Crippen LogP contribution in [0, 0.1) is 0 Å². The molecule has 0 aliphatic carbocycles. The van der Waals surface area contributed by atoms with Crippen molar-refractivity contribution in [3.8, 4) is 0 Å². The number of rotatable bonds is 4. The number of carbonyl (C=O) groups excluding carboxylic acids is 2. The summed E-state index contributed by atoms with van der Waals surface area (Å²) in [6.45, 7) is 2.38. The van der Waals surface area contributed by atoms with Gasteiger partial charge in [-0.05, 0) is 19.1 Å². The molecule has 0 aromatic carbocycles. The Labute approximate surface area is 99.1 Å². The van der Waals surface area contributed by atoms with Crippen molar-refractivity contribution in [2.75, 3.05) is 6.54 Å². The number of furan rings is 1. The van der Waals surface area contributed by atoms with Crippen LogP contribution in [-0.2, 0) is 16.0 Å². The summed E-state index contributed by atoms with van der Waals surface area (Å²) in [5.74, 6) is 0.328. The van der Waals surface area contributed by atoms with Gasteiger partial charge in [-0.15, -0.1) is 0 Å². The van der Waals surface area contributed by atoms with Crippen molar-refractivity contribution in [1.29, 1.82) is 0 Å². The second-order valence-electron chi connectivity index (χ2n) is 3.85. The Morgan fingerprint density at radius 3 is 3.12 bits per heavy atom. The van der Waals surface area contributed by atoms with Crippen molar-refractivity contribution >= 4 is 11.8 Å². The number of allylic oxidation sites excluding steroid dienone is 1. The number of amides is 2. The molecule has 2 rings (SSSR count). The molecule has 1 aromatic rings. The maximum Gasteiger partial charge on any atom is 0.251 e. The zero-order chi connectivity index (χ0) is 12.3. The number of likely N-dealkylation sites (tertiary alicyclic amines) is 1. The van der Waals surface area contributed by atoms with Crippen LogP contribution in [0.4, 0.5) is 0 Å². The zero-order valence-corrected chi connectivity index (χ0v) is 9.55. The largest absolute Gasteiger partial charge is 0.469 e. The van der Waals surface area contributed by atoms with E-state index in [1.165, 1.54) is 6.26 Å². The molecule has 1 atom stereocenters. The Morgan fingerprint density at radius 1 is 1.71 bits per heavy atom. The molecule has 1 N–H and O–H groups in total. The smallest absolute Gasteiger partial charge is 0.251 e. The first-order chi connectivity index (χ1) is 8.20. The molecule has 1 unspecified atom stereocenters. The molecule has 1 aliphatic rings. The third-order valence-corrected chi connectivity index (χ3v) is 2.54. The molecule has 1 fully saturated rings. The van der Waals surface area contributed by atoms with Gasteiger partial charge in [-0.3, -0.25) is 9.59 Å². The lowest BCUT2D eigenvalue weighted by molar-refractivity contribution is -0.143. The van der Waals surface area contributed by atoms with Crippen LogP contribution in [0.15, 0.2) is 35.1 Å². The average molecular weight is 234 g/mol. The third kappa shape index (κ3) is 2.55. The Bertz CT molecular complexity index is 437. The third-order valence-electron chi connectivity index (χ3n) is 2.54. The summed E-state index contributed by atoms with van der Waals surface area (Å²) >= 11 is 0. The maximum absolute atomic E-state index is 11.6. The number of hydrogen-bond acceptors (Lipinski definition) is 3. The number of β-lactam (4-membered cyclic amide) rings is 1. The first-order valence-electron chi connectivity index (χ1n) is 5.45. The van der Waals surface area contributed by atoms with Gasteiger partial charge in [0.05, 0.1) is 19.2 Å². The summed E-state index contributed by atoms with van der Waals surface area (Å²) in [6, 6.07) is 3.06. The fourth-order valence-electron chi connectivity index (χ4n) is 1.69.